The van der Waals surface area contributed by atoms with Crippen molar-refractivity contribution in [2.45, 2.75) is 58.5 Å². The van der Waals surface area contributed by atoms with E-state index in [1.165, 1.54) is 5.56 Å². The molecule has 0 N–H and O–H groups in total. The Morgan fingerprint density at radius 3 is 1.52 bits per heavy atom. The molecule has 0 amide bonds. The lowest BCUT2D eigenvalue weighted by molar-refractivity contribution is 0.103. The van der Waals surface area contributed by atoms with Gasteiger partial charge in [-0.3, -0.25) is 18.7 Å². The number of ketones is 2. The molecule has 2 atom stereocenters. The van der Waals surface area contributed by atoms with Crippen LogP contribution in [0.2, 0.25) is 0 Å². The highest BCUT2D eigenvalue weighted by molar-refractivity contribution is 6.09. The Balaban J connectivity index is 0.856. The van der Waals surface area contributed by atoms with E-state index in [9.17, 15) is 14.4 Å². The van der Waals surface area contributed by atoms with E-state index in [0.717, 1.165) is 39.9 Å². The van der Waals surface area contributed by atoms with Crippen LogP contribution in [0.5, 0.6) is 17.2 Å². The SMILES string of the molecule is CCC(C)c1ccc(C(=O)c2ccc(Oc3ccc(-c4ccc(OC(C)C(C)(C)c5ccc(C(=O)c6ccc(-n7c(=O)n(C)c8ccccc87)cc6)cc5)cc4)cc3)cc2)cc1. The monoisotopic (exact) mass is 818 g/mol. The van der Waals surface area contributed by atoms with Gasteiger partial charge in [-0.25, -0.2) is 4.79 Å². The fourth-order valence-electron chi connectivity index (χ4n) is 7.73. The summed E-state index contributed by atoms with van der Waals surface area (Å²) in [4.78, 5) is 39.6. The van der Waals surface area contributed by atoms with E-state index in [-0.39, 0.29) is 28.8 Å². The van der Waals surface area contributed by atoms with Gasteiger partial charge < -0.3 is 9.47 Å². The lowest BCUT2D eigenvalue weighted by Crippen LogP contribution is -2.35. The zero-order valence-corrected chi connectivity index (χ0v) is 36.0. The van der Waals surface area contributed by atoms with E-state index in [2.05, 4.69) is 34.6 Å². The van der Waals surface area contributed by atoms with Crippen molar-refractivity contribution in [1.82, 2.24) is 9.13 Å². The van der Waals surface area contributed by atoms with E-state index < -0.39 is 0 Å². The molecule has 7 heteroatoms. The fourth-order valence-corrected chi connectivity index (χ4v) is 7.73. The van der Waals surface area contributed by atoms with Crippen LogP contribution < -0.4 is 15.2 Å². The molecule has 8 aromatic rings. The molecule has 0 bridgehead atoms. The van der Waals surface area contributed by atoms with Crippen LogP contribution in [-0.4, -0.2) is 26.8 Å². The molecule has 0 saturated heterocycles. The lowest BCUT2D eigenvalue weighted by Gasteiger charge is -2.33. The van der Waals surface area contributed by atoms with Crippen molar-refractivity contribution >= 4 is 22.6 Å². The van der Waals surface area contributed by atoms with Crippen molar-refractivity contribution < 1.29 is 19.1 Å². The maximum absolute atomic E-state index is 13.5. The van der Waals surface area contributed by atoms with Crippen LogP contribution in [0.25, 0.3) is 27.8 Å². The number of carbonyl (C=O) groups excluding carboxylic acids is 2. The number of ether oxygens (including phenoxy) is 2. The van der Waals surface area contributed by atoms with Crippen LogP contribution in [0.15, 0.2) is 175 Å². The van der Waals surface area contributed by atoms with Gasteiger partial charge in [0.25, 0.3) is 0 Å². The first-order valence-electron chi connectivity index (χ1n) is 21.1. The second-order valence-corrected chi connectivity index (χ2v) is 16.5. The first-order chi connectivity index (χ1) is 29.9. The van der Waals surface area contributed by atoms with Crippen molar-refractivity contribution in [3.8, 4) is 34.1 Å². The van der Waals surface area contributed by atoms with E-state index in [1.54, 1.807) is 40.4 Å². The molecule has 0 aliphatic heterocycles. The summed E-state index contributed by atoms with van der Waals surface area (Å²) in [6.45, 7) is 10.7. The predicted molar refractivity (Wildman–Crippen MR) is 248 cm³/mol. The number of carbonyl (C=O) groups is 2. The lowest BCUT2D eigenvalue weighted by atomic mass is 9.79. The van der Waals surface area contributed by atoms with Crippen molar-refractivity contribution in [3.05, 3.63) is 214 Å². The highest BCUT2D eigenvalue weighted by atomic mass is 16.5. The molecule has 8 rings (SSSR count). The van der Waals surface area contributed by atoms with Gasteiger partial charge in [0.1, 0.15) is 23.4 Å². The number of hydrogen-bond acceptors (Lipinski definition) is 5. The second kappa shape index (κ2) is 17.4. The third kappa shape index (κ3) is 8.39. The first kappa shape index (κ1) is 41.5. The average molecular weight is 819 g/mol. The van der Waals surface area contributed by atoms with E-state index >= 15 is 0 Å². The van der Waals surface area contributed by atoms with Gasteiger partial charge in [-0.05, 0) is 126 Å². The van der Waals surface area contributed by atoms with Crippen LogP contribution in [0, 0.1) is 0 Å². The van der Waals surface area contributed by atoms with Gasteiger partial charge in [-0.2, -0.15) is 0 Å². The molecule has 0 aliphatic rings. The summed E-state index contributed by atoms with van der Waals surface area (Å²) >= 11 is 0. The molecule has 0 saturated carbocycles. The summed E-state index contributed by atoms with van der Waals surface area (Å²) in [6.07, 6.45) is 0.885. The van der Waals surface area contributed by atoms with Crippen LogP contribution >= 0.6 is 0 Å². The normalized spacial score (nSPS) is 12.5. The minimum Gasteiger partial charge on any atom is -0.490 e. The average Bonchev–Trinajstić information content (AvgIpc) is 3.57. The Morgan fingerprint density at radius 2 is 1.00 bits per heavy atom. The second-order valence-electron chi connectivity index (χ2n) is 16.5. The van der Waals surface area contributed by atoms with Gasteiger partial charge >= 0.3 is 5.69 Å². The fraction of sp³-hybridized carbons (Fsp3) is 0.182. The summed E-state index contributed by atoms with van der Waals surface area (Å²) in [5, 5.41) is 0. The van der Waals surface area contributed by atoms with E-state index in [1.807, 2.05) is 146 Å². The summed E-state index contributed by atoms with van der Waals surface area (Å²) in [6, 6.07) is 53.7. The molecular formula is C55H50N2O5. The number of nitrogens with zero attached hydrogens (tertiary/aromatic N) is 2. The van der Waals surface area contributed by atoms with Gasteiger partial charge in [-0.15, -0.1) is 0 Å². The topological polar surface area (TPSA) is 79.5 Å². The van der Waals surface area contributed by atoms with Gasteiger partial charge in [-0.1, -0.05) is 113 Å². The Labute approximate surface area is 362 Å². The summed E-state index contributed by atoms with van der Waals surface area (Å²) in [5.74, 6) is 2.49. The predicted octanol–water partition coefficient (Wildman–Crippen LogP) is 12.5. The molecule has 1 aromatic heterocycles. The molecule has 0 fully saturated rings. The number of aromatic nitrogens is 2. The molecule has 7 aromatic carbocycles. The minimum absolute atomic E-state index is 0.00913. The van der Waals surface area contributed by atoms with Crippen molar-refractivity contribution in [1.29, 1.82) is 0 Å². The van der Waals surface area contributed by atoms with Crippen molar-refractivity contribution in [2.24, 2.45) is 7.05 Å². The quantitative estimate of drug-likeness (QED) is 0.102. The zero-order chi connectivity index (χ0) is 43.5. The standard InChI is InChI=1S/C55H50N2O5/c1-7-36(2)38-12-14-41(15-13-38)52(58)44-24-34-49(35-25-44)62-48-32-22-40(23-33-48)39-20-30-47(31-21-39)61-37(3)55(4,5)45-26-16-42(17-27-45)53(59)43-18-28-46(29-19-43)57-51-11-9-8-10-50(51)56(6)54(57)60/h8-37H,7H2,1-6H3. The van der Waals surface area contributed by atoms with Gasteiger partial charge in [0, 0.05) is 34.7 Å². The summed E-state index contributed by atoms with van der Waals surface area (Å²) in [5.41, 5.74) is 8.69. The molecule has 7 nitrogen and oxygen atoms in total. The Bertz CT molecular complexity index is 2900. The van der Waals surface area contributed by atoms with Gasteiger partial charge in [0.05, 0.1) is 16.7 Å². The third-order valence-corrected chi connectivity index (χ3v) is 12.3. The Morgan fingerprint density at radius 1 is 0.565 bits per heavy atom. The maximum Gasteiger partial charge on any atom is 0.333 e. The smallest absolute Gasteiger partial charge is 0.333 e. The van der Waals surface area contributed by atoms with Crippen LogP contribution in [0.3, 0.4) is 0 Å². The molecule has 62 heavy (non-hydrogen) atoms. The largest absolute Gasteiger partial charge is 0.490 e. The molecule has 0 aliphatic carbocycles. The van der Waals surface area contributed by atoms with Gasteiger partial charge in [0.2, 0.25) is 0 Å². The number of para-hydroxylation sites is 2. The molecule has 310 valence electrons. The molecule has 0 radical (unpaired) electrons. The highest BCUT2D eigenvalue weighted by Gasteiger charge is 2.30. The number of benzene rings is 7. The maximum atomic E-state index is 13.5. The number of imidazole rings is 1. The van der Waals surface area contributed by atoms with Crippen LogP contribution in [0.1, 0.15) is 89.9 Å². The van der Waals surface area contributed by atoms with E-state index in [4.69, 9.17) is 9.47 Å². The number of hydrogen-bond donors (Lipinski definition) is 0. The Hall–Kier alpha value is -7.25. The zero-order valence-electron chi connectivity index (χ0n) is 36.0. The summed E-state index contributed by atoms with van der Waals surface area (Å²) < 4.78 is 15.9. The number of rotatable bonds is 14. The van der Waals surface area contributed by atoms with Gasteiger partial charge in [0.15, 0.2) is 11.6 Å². The molecule has 1 heterocycles. The molecule has 0 spiro atoms. The van der Waals surface area contributed by atoms with Crippen molar-refractivity contribution in [2.75, 3.05) is 0 Å². The van der Waals surface area contributed by atoms with Crippen LogP contribution in [0.4, 0.5) is 0 Å². The number of aryl methyl sites for hydroxylation is 1. The van der Waals surface area contributed by atoms with E-state index in [0.29, 0.717) is 45.4 Å². The highest BCUT2D eigenvalue weighted by Crippen LogP contribution is 2.33. The Kier molecular flexibility index (Phi) is 11.6. The molecule has 2 unspecified atom stereocenters. The third-order valence-electron chi connectivity index (χ3n) is 12.3. The number of fused-ring (bicyclic) bond motifs is 1. The van der Waals surface area contributed by atoms with Crippen LogP contribution in [-0.2, 0) is 12.5 Å². The molecular weight excluding hydrogens is 769 g/mol. The first-order valence-corrected chi connectivity index (χ1v) is 21.1. The minimum atomic E-state index is -0.363. The van der Waals surface area contributed by atoms with Crippen molar-refractivity contribution in [3.63, 3.8) is 0 Å². The summed E-state index contributed by atoms with van der Waals surface area (Å²) in [7, 11) is 1.76.